The lowest BCUT2D eigenvalue weighted by atomic mass is 10.1. The quantitative estimate of drug-likeness (QED) is 0.611. The van der Waals surface area contributed by atoms with Crippen LogP contribution in [-0.2, 0) is 4.79 Å². The fraction of sp³-hybridized carbons (Fsp3) is 0. The number of anilines is 1. The number of nitrogens with one attached hydrogen (secondary N) is 1. The third kappa shape index (κ3) is 4.02. The second kappa shape index (κ2) is 7.33. The number of carbonyl (C=O) groups excluding carboxylic acids is 1. The number of amides is 1. The van der Waals surface area contributed by atoms with Gasteiger partial charge in [0.05, 0.1) is 15.7 Å². The van der Waals surface area contributed by atoms with Gasteiger partial charge in [0, 0.05) is 5.02 Å². The van der Waals surface area contributed by atoms with Crippen LogP contribution < -0.4 is 5.32 Å². The van der Waals surface area contributed by atoms with Crippen molar-refractivity contribution in [2.75, 3.05) is 5.32 Å². The molecule has 0 heterocycles. The second-order valence-corrected chi connectivity index (χ2v) is 5.50. The molecule has 0 atom stereocenters. The van der Waals surface area contributed by atoms with Crippen LogP contribution in [-0.4, -0.2) is 5.91 Å². The summed E-state index contributed by atoms with van der Waals surface area (Å²) >= 11 is 17.7. The fourth-order valence-electron chi connectivity index (χ4n) is 1.66. The maximum Gasteiger partial charge on any atom is 0.266 e. The summed E-state index contributed by atoms with van der Waals surface area (Å²) in [5.74, 6) is -0.568. The molecule has 0 aliphatic rings. The average molecular weight is 352 g/mol. The number of nitriles is 1. The highest BCUT2D eigenvalue weighted by Crippen LogP contribution is 2.29. The normalized spacial score (nSPS) is 10.9. The van der Waals surface area contributed by atoms with E-state index in [1.165, 1.54) is 6.08 Å². The number of benzene rings is 2. The molecule has 0 aliphatic carbocycles. The molecule has 0 aliphatic heterocycles. The zero-order chi connectivity index (χ0) is 16.1. The molecule has 0 radical (unpaired) electrons. The van der Waals surface area contributed by atoms with E-state index in [9.17, 15) is 4.79 Å². The summed E-state index contributed by atoms with van der Waals surface area (Å²) in [5.41, 5.74) is 0.975. The van der Waals surface area contributed by atoms with E-state index in [4.69, 9.17) is 40.1 Å². The van der Waals surface area contributed by atoms with Gasteiger partial charge in [-0.3, -0.25) is 4.79 Å². The van der Waals surface area contributed by atoms with E-state index in [0.29, 0.717) is 21.3 Å². The van der Waals surface area contributed by atoms with Crippen molar-refractivity contribution in [3.05, 3.63) is 68.7 Å². The Morgan fingerprint density at radius 1 is 1.09 bits per heavy atom. The third-order valence-electron chi connectivity index (χ3n) is 2.75. The SMILES string of the molecule is N#C/C(=C\c1ccc(Cl)cc1)C(=O)Nc1cccc(Cl)c1Cl. The van der Waals surface area contributed by atoms with E-state index < -0.39 is 5.91 Å². The molecule has 2 aromatic rings. The zero-order valence-electron chi connectivity index (χ0n) is 11.1. The molecular formula is C16H9Cl3N2O. The third-order valence-corrected chi connectivity index (χ3v) is 3.82. The number of halogens is 3. The molecule has 0 unspecified atom stereocenters. The maximum absolute atomic E-state index is 12.1. The Bertz CT molecular complexity index is 777. The molecule has 22 heavy (non-hydrogen) atoms. The van der Waals surface area contributed by atoms with E-state index in [0.717, 1.165) is 0 Å². The summed E-state index contributed by atoms with van der Waals surface area (Å²) in [6, 6.07) is 13.5. The minimum atomic E-state index is -0.568. The van der Waals surface area contributed by atoms with Crippen molar-refractivity contribution in [2.45, 2.75) is 0 Å². The minimum Gasteiger partial charge on any atom is -0.320 e. The standard InChI is InChI=1S/C16H9Cl3N2O/c17-12-6-4-10(5-7-12)8-11(9-20)16(22)21-14-3-1-2-13(18)15(14)19/h1-8H,(H,21,22)/b11-8+. The van der Waals surface area contributed by atoms with Crippen molar-refractivity contribution in [3.8, 4) is 6.07 Å². The topological polar surface area (TPSA) is 52.9 Å². The first kappa shape index (κ1) is 16.4. The molecule has 0 fully saturated rings. The number of hydrogen-bond donors (Lipinski definition) is 1. The Morgan fingerprint density at radius 3 is 2.41 bits per heavy atom. The zero-order valence-corrected chi connectivity index (χ0v) is 13.4. The number of rotatable bonds is 3. The van der Waals surface area contributed by atoms with Gasteiger partial charge in [0.15, 0.2) is 0 Å². The van der Waals surface area contributed by atoms with Gasteiger partial charge < -0.3 is 5.32 Å². The van der Waals surface area contributed by atoms with Crippen LogP contribution in [0.4, 0.5) is 5.69 Å². The van der Waals surface area contributed by atoms with Crippen molar-refractivity contribution in [1.29, 1.82) is 5.26 Å². The molecule has 1 N–H and O–H groups in total. The van der Waals surface area contributed by atoms with Crippen LogP contribution in [0.5, 0.6) is 0 Å². The summed E-state index contributed by atoms with van der Waals surface area (Å²) in [7, 11) is 0. The first-order valence-corrected chi connectivity index (χ1v) is 7.27. The van der Waals surface area contributed by atoms with Crippen LogP contribution in [0.1, 0.15) is 5.56 Å². The van der Waals surface area contributed by atoms with E-state index in [1.807, 2.05) is 6.07 Å². The number of carbonyl (C=O) groups is 1. The molecule has 0 bridgehead atoms. The van der Waals surface area contributed by atoms with Crippen LogP contribution in [0, 0.1) is 11.3 Å². The summed E-state index contributed by atoms with van der Waals surface area (Å²) in [6.45, 7) is 0. The molecule has 1 amide bonds. The van der Waals surface area contributed by atoms with Crippen molar-refractivity contribution in [2.24, 2.45) is 0 Å². The van der Waals surface area contributed by atoms with Gasteiger partial charge in [0.1, 0.15) is 11.6 Å². The lowest BCUT2D eigenvalue weighted by Gasteiger charge is -2.07. The Morgan fingerprint density at radius 2 is 1.77 bits per heavy atom. The van der Waals surface area contributed by atoms with Crippen LogP contribution in [0.3, 0.4) is 0 Å². The molecule has 0 saturated carbocycles. The first-order chi connectivity index (χ1) is 10.5. The van der Waals surface area contributed by atoms with E-state index >= 15 is 0 Å². The Labute approximate surface area is 142 Å². The maximum atomic E-state index is 12.1. The van der Waals surface area contributed by atoms with E-state index in [1.54, 1.807) is 42.5 Å². The molecule has 110 valence electrons. The van der Waals surface area contributed by atoms with Crippen molar-refractivity contribution in [3.63, 3.8) is 0 Å². The molecule has 0 aromatic heterocycles. The first-order valence-electron chi connectivity index (χ1n) is 6.14. The van der Waals surface area contributed by atoms with Gasteiger partial charge >= 0.3 is 0 Å². The van der Waals surface area contributed by atoms with Gasteiger partial charge in [0.2, 0.25) is 0 Å². The fourth-order valence-corrected chi connectivity index (χ4v) is 2.14. The molecule has 2 rings (SSSR count). The minimum absolute atomic E-state index is 0.0571. The van der Waals surface area contributed by atoms with Crippen LogP contribution in [0.15, 0.2) is 48.0 Å². The predicted molar refractivity (Wildman–Crippen MR) is 90.1 cm³/mol. The Balaban J connectivity index is 2.24. The molecule has 3 nitrogen and oxygen atoms in total. The van der Waals surface area contributed by atoms with Crippen LogP contribution in [0.25, 0.3) is 6.08 Å². The molecule has 6 heteroatoms. The summed E-state index contributed by atoms with van der Waals surface area (Å²) in [6.07, 6.45) is 1.46. The number of hydrogen-bond acceptors (Lipinski definition) is 2. The Hall–Kier alpha value is -1.99. The second-order valence-electron chi connectivity index (χ2n) is 4.28. The lowest BCUT2D eigenvalue weighted by Crippen LogP contribution is -2.13. The Kier molecular flexibility index (Phi) is 5.46. The van der Waals surface area contributed by atoms with E-state index in [-0.39, 0.29) is 10.6 Å². The van der Waals surface area contributed by atoms with Gasteiger partial charge in [-0.1, -0.05) is 53.0 Å². The van der Waals surface area contributed by atoms with Crippen molar-refractivity contribution < 1.29 is 4.79 Å². The summed E-state index contributed by atoms with van der Waals surface area (Å²) < 4.78 is 0. The number of nitrogens with zero attached hydrogens (tertiary/aromatic N) is 1. The largest absolute Gasteiger partial charge is 0.320 e. The van der Waals surface area contributed by atoms with Gasteiger partial charge in [-0.25, -0.2) is 0 Å². The van der Waals surface area contributed by atoms with E-state index in [2.05, 4.69) is 5.32 Å². The molecule has 0 saturated heterocycles. The van der Waals surface area contributed by atoms with Gasteiger partial charge in [-0.2, -0.15) is 5.26 Å². The van der Waals surface area contributed by atoms with Crippen LogP contribution in [0.2, 0.25) is 15.1 Å². The van der Waals surface area contributed by atoms with Crippen molar-refractivity contribution in [1.82, 2.24) is 0 Å². The molecular weight excluding hydrogens is 343 g/mol. The average Bonchev–Trinajstić information content (AvgIpc) is 2.51. The smallest absolute Gasteiger partial charge is 0.266 e. The highest BCUT2D eigenvalue weighted by Gasteiger charge is 2.12. The predicted octanol–water partition coefficient (Wildman–Crippen LogP) is 5.19. The summed E-state index contributed by atoms with van der Waals surface area (Å²) in [4.78, 5) is 12.1. The molecule has 2 aromatic carbocycles. The monoisotopic (exact) mass is 350 g/mol. The van der Waals surface area contributed by atoms with Crippen molar-refractivity contribution >= 4 is 52.5 Å². The molecule has 0 spiro atoms. The van der Waals surface area contributed by atoms with Gasteiger partial charge in [0.25, 0.3) is 5.91 Å². The highest BCUT2D eigenvalue weighted by atomic mass is 35.5. The van der Waals surface area contributed by atoms with Gasteiger partial charge in [-0.05, 0) is 35.9 Å². The lowest BCUT2D eigenvalue weighted by molar-refractivity contribution is -0.112. The van der Waals surface area contributed by atoms with Gasteiger partial charge in [-0.15, -0.1) is 0 Å². The summed E-state index contributed by atoms with van der Waals surface area (Å²) in [5, 5.41) is 12.8. The van der Waals surface area contributed by atoms with Crippen LogP contribution >= 0.6 is 34.8 Å². The highest BCUT2D eigenvalue weighted by molar-refractivity contribution is 6.44.